The first-order valence-corrected chi connectivity index (χ1v) is 30.0. The lowest BCUT2D eigenvalue weighted by Crippen LogP contribution is -2.57. The third kappa shape index (κ3) is 13.2. The summed E-state index contributed by atoms with van der Waals surface area (Å²) in [4.78, 5) is 98.4. The number of nitrogens with zero attached hydrogens (tertiary/aromatic N) is 7. The van der Waals surface area contributed by atoms with Crippen LogP contribution in [0.1, 0.15) is 98.4 Å². The second-order valence-electron chi connectivity index (χ2n) is 23.8. The summed E-state index contributed by atoms with van der Waals surface area (Å²) in [7, 11) is 1.47. The Hall–Kier alpha value is -8.35. The van der Waals surface area contributed by atoms with Crippen molar-refractivity contribution in [3.05, 3.63) is 77.0 Å². The summed E-state index contributed by atoms with van der Waals surface area (Å²) in [5.74, 6) is -0.631. The number of methoxy groups -OCH3 is 1. The van der Waals surface area contributed by atoms with Gasteiger partial charge in [0.05, 0.1) is 79.3 Å². The van der Waals surface area contributed by atoms with Gasteiger partial charge in [-0.3, -0.25) is 44.2 Å². The first-order chi connectivity index (χ1) is 42.9. The van der Waals surface area contributed by atoms with Crippen molar-refractivity contribution in [2.75, 3.05) is 110 Å². The molecule has 11 rings (SSSR count). The number of hydrogen-bond acceptors (Lipinski definition) is 20. The normalized spacial score (nSPS) is 21.5. The van der Waals surface area contributed by atoms with Crippen LogP contribution in [0.3, 0.4) is 0 Å². The second kappa shape index (κ2) is 26.8. The molecule has 2 bridgehead atoms. The lowest BCUT2D eigenvalue weighted by Gasteiger charge is -2.42. The highest BCUT2D eigenvalue weighted by Gasteiger charge is 2.51. The molecular weight excluding hydrogens is 1160 g/mol. The third-order valence-corrected chi connectivity index (χ3v) is 17.0. The smallest absolute Gasteiger partial charge is 0.410 e. The molecule has 3 aromatic carbocycles. The van der Waals surface area contributed by atoms with E-state index in [0.717, 1.165) is 50.0 Å². The number of imide groups is 2. The second-order valence-corrected chi connectivity index (χ2v) is 23.8. The number of anilines is 2. The number of benzene rings is 3. The number of carbonyl (C=O) groups excluding carboxylic acids is 6. The number of terminal acetylenes is 1. The molecule has 5 fully saturated rings. The van der Waals surface area contributed by atoms with Gasteiger partial charge in [-0.05, 0) is 108 Å². The van der Waals surface area contributed by atoms with Crippen LogP contribution in [0.2, 0.25) is 0 Å². The molecule has 0 saturated carbocycles. The van der Waals surface area contributed by atoms with Gasteiger partial charge in [-0.1, -0.05) is 18.1 Å². The quantitative estimate of drug-likeness (QED) is 0.0263. The molecule has 24 nitrogen and oxygen atoms in total. The molecule has 5 aromatic rings. The minimum Gasteiger partial charge on any atom is -0.468 e. The number of nitrogens with one attached hydrogen (secondary N) is 3. The largest absolute Gasteiger partial charge is 0.468 e. The molecule has 5 saturated heterocycles. The topological polar surface area (TPSA) is 264 Å². The van der Waals surface area contributed by atoms with Gasteiger partial charge in [0.15, 0.2) is 12.6 Å². The van der Waals surface area contributed by atoms with E-state index in [1.165, 1.54) is 31.5 Å². The molecule has 0 radical (unpaired) electrons. The highest BCUT2D eigenvalue weighted by molar-refractivity contribution is 6.25. The fourth-order valence-corrected chi connectivity index (χ4v) is 13.1. The van der Waals surface area contributed by atoms with Gasteiger partial charge < -0.3 is 53.4 Å². The van der Waals surface area contributed by atoms with Crippen LogP contribution in [0.15, 0.2) is 48.7 Å². The Morgan fingerprint density at radius 3 is 2.36 bits per heavy atom. The number of piperazine rings is 1. The number of alkyl carbamates (subject to hydrolysis) is 1. The molecule has 26 heteroatoms. The molecule has 5 atom stereocenters. The number of ether oxygens (including phenoxy) is 8. The van der Waals surface area contributed by atoms with E-state index in [0.29, 0.717) is 60.9 Å². The minimum absolute atomic E-state index is 0.0338. The zero-order chi connectivity index (χ0) is 62.6. The van der Waals surface area contributed by atoms with Gasteiger partial charge in [0, 0.05) is 68.6 Å². The molecule has 0 spiro atoms. The van der Waals surface area contributed by atoms with Crippen LogP contribution in [-0.4, -0.2) is 200 Å². The Kier molecular flexibility index (Phi) is 18.7. The van der Waals surface area contributed by atoms with Crippen molar-refractivity contribution in [1.82, 2.24) is 40.3 Å². The maximum absolute atomic E-state index is 17.7. The lowest BCUT2D eigenvalue weighted by atomic mass is 9.95. The van der Waals surface area contributed by atoms with E-state index in [4.69, 9.17) is 54.3 Å². The van der Waals surface area contributed by atoms with Crippen LogP contribution in [0.25, 0.3) is 32.9 Å². The number of halogens is 2. The van der Waals surface area contributed by atoms with Crippen LogP contribution in [-0.2, 0) is 38.0 Å². The SMILES string of the molecule is C#Cc1c(F)ccc2cc(OCOC)cc(-c3ncc4c(N5CC6CCC(C5)N6C(=O)OC(C)(C)C)nc(OC[C@@]56CCCN5[C@H](COC(=O)NCCOCCOCCOCCNc5cccc7c5C(=O)N(C5CCC(=O)NC5=O)C7=O)CC6)nc4c3F)c12. The van der Waals surface area contributed by atoms with E-state index in [2.05, 4.69) is 31.8 Å². The summed E-state index contributed by atoms with van der Waals surface area (Å²) >= 11 is 0. The molecule has 2 aromatic heterocycles. The summed E-state index contributed by atoms with van der Waals surface area (Å²) in [6.45, 7) is 9.40. The van der Waals surface area contributed by atoms with Gasteiger partial charge in [-0.25, -0.2) is 18.4 Å². The fourth-order valence-electron chi connectivity index (χ4n) is 13.1. The number of pyridine rings is 1. The Balaban J connectivity index is 0.662. The Bertz CT molecular complexity index is 3590. The Morgan fingerprint density at radius 1 is 0.876 bits per heavy atom. The van der Waals surface area contributed by atoms with E-state index in [1.807, 2.05) is 30.6 Å². The maximum Gasteiger partial charge on any atom is 0.410 e. The fraction of sp³-hybridized carbons (Fsp3) is 0.508. The molecular formula is C63H72F2N10O14. The van der Waals surface area contributed by atoms with Crippen molar-refractivity contribution >= 4 is 69.0 Å². The van der Waals surface area contributed by atoms with Crippen molar-refractivity contribution in [3.8, 4) is 35.4 Å². The molecule has 3 unspecified atom stereocenters. The van der Waals surface area contributed by atoms with Crippen molar-refractivity contribution in [2.24, 2.45) is 0 Å². The van der Waals surface area contributed by atoms with E-state index in [1.54, 1.807) is 24.3 Å². The van der Waals surface area contributed by atoms with Crippen molar-refractivity contribution < 1.29 is 75.4 Å². The van der Waals surface area contributed by atoms with E-state index in [9.17, 15) is 28.8 Å². The summed E-state index contributed by atoms with van der Waals surface area (Å²) in [5.41, 5.74) is -0.461. The Morgan fingerprint density at radius 2 is 1.63 bits per heavy atom. The number of rotatable bonds is 24. The van der Waals surface area contributed by atoms with E-state index >= 15 is 8.78 Å². The molecule has 6 aliphatic heterocycles. The van der Waals surface area contributed by atoms with Crippen LogP contribution in [0, 0.1) is 24.0 Å². The molecule has 472 valence electrons. The number of aromatic nitrogens is 3. The molecule has 0 aliphatic carbocycles. The monoisotopic (exact) mass is 1230 g/mol. The predicted octanol–water partition coefficient (Wildman–Crippen LogP) is 6.34. The average molecular weight is 1230 g/mol. The highest BCUT2D eigenvalue weighted by Crippen LogP contribution is 2.45. The summed E-state index contributed by atoms with van der Waals surface area (Å²) < 4.78 is 79.1. The summed E-state index contributed by atoms with van der Waals surface area (Å²) in [5, 5.41) is 9.14. The Labute approximate surface area is 512 Å². The average Bonchev–Trinajstić information content (AvgIpc) is 1.77. The zero-order valence-electron chi connectivity index (χ0n) is 50.2. The van der Waals surface area contributed by atoms with Gasteiger partial charge in [0.2, 0.25) is 11.8 Å². The van der Waals surface area contributed by atoms with E-state index in [-0.39, 0.29) is 135 Å². The predicted molar refractivity (Wildman–Crippen MR) is 318 cm³/mol. The first kappa shape index (κ1) is 62.3. The first-order valence-electron chi connectivity index (χ1n) is 30.0. The molecule has 8 heterocycles. The molecule has 6 amide bonds. The minimum atomic E-state index is -1.05. The van der Waals surface area contributed by atoms with Crippen LogP contribution >= 0.6 is 0 Å². The van der Waals surface area contributed by atoms with Crippen molar-refractivity contribution in [3.63, 3.8) is 0 Å². The number of hydrogen-bond donors (Lipinski definition) is 3. The lowest BCUT2D eigenvalue weighted by molar-refractivity contribution is -0.136. The molecule has 3 N–H and O–H groups in total. The summed E-state index contributed by atoms with van der Waals surface area (Å²) in [6.07, 6.45) is 11.1. The standard InChI is InChI=1S/C63H72F2N10O14/c1-6-42-46(64)14-11-37-29-41(88-36-82-5)30-44(50(37)42)53-52(65)54-45(31-68-53)55(72-32-38-12-13-39(33-72)74(38)61(81)89-62(2,3)4)71-59(70-54)87-35-63-18-8-22-73(63)40(17-19-63)34-86-60(80)67-21-24-84-26-28-85-27-25-83-23-20-66-47-10-7-9-43-51(47)58(79)75(57(43)78)48-15-16-49(76)69-56(48)77/h1,7,9-11,14,29-31,38-40,48,66H,8,12-13,15-28,32-36H2,2-5H3,(H,67,80)(H,69,76,77)/t38?,39?,40-,48?,63-/m0/s1. The van der Waals surface area contributed by atoms with Gasteiger partial charge in [-0.2, -0.15) is 9.97 Å². The van der Waals surface area contributed by atoms with Crippen LogP contribution in [0.5, 0.6) is 11.8 Å². The van der Waals surface area contributed by atoms with Gasteiger partial charge in [0.25, 0.3) is 11.8 Å². The van der Waals surface area contributed by atoms with E-state index < -0.39 is 58.5 Å². The highest BCUT2D eigenvalue weighted by atomic mass is 19.1. The van der Waals surface area contributed by atoms with Gasteiger partial charge >= 0.3 is 18.2 Å². The molecule has 6 aliphatic rings. The number of carbonyl (C=O) groups is 6. The number of piperidine rings is 1. The van der Waals surface area contributed by atoms with Crippen molar-refractivity contribution in [2.45, 2.75) is 107 Å². The van der Waals surface area contributed by atoms with Crippen molar-refractivity contribution in [1.29, 1.82) is 0 Å². The number of fused-ring (bicyclic) bond motifs is 6. The van der Waals surface area contributed by atoms with Gasteiger partial charge in [0.1, 0.15) is 53.5 Å². The van der Waals surface area contributed by atoms with Crippen LogP contribution < -0.4 is 30.3 Å². The van der Waals surface area contributed by atoms with Gasteiger partial charge in [-0.15, -0.1) is 6.42 Å². The molecule has 89 heavy (non-hydrogen) atoms. The third-order valence-electron chi connectivity index (χ3n) is 17.0. The maximum atomic E-state index is 17.7. The zero-order valence-corrected chi connectivity index (χ0v) is 50.2. The van der Waals surface area contributed by atoms with Crippen LogP contribution in [0.4, 0.5) is 29.9 Å². The number of amides is 6. The summed E-state index contributed by atoms with van der Waals surface area (Å²) in [6, 6.07) is 9.23.